The Balaban J connectivity index is 2.08. The molecule has 17 heavy (non-hydrogen) atoms. The van der Waals surface area contributed by atoms with E-state index in [0.717, 1.165) is 12.8 Å². The van der Waals surface area contributed by atoms with E-state index in [2.05, 4.69) is 10.3 Å². The molecule has 1 heterocycles. The zero-order chi connectivity index (χ0) is 12.3. The van der Waals surface area contributed by atoms with Crippen LogP contribution in [0.1, 0.15) is 25.3 Å². The number of benzene rings is 1. The van der Waals surface area contributed by atoms with E-state index in [-0.39, 0.29) is 17.8 Å². The Morgan fingerprint density at radius 3 is 2.88 bits per heavy atom. The summed E-state index contributed by atoms with van der Waals surface area (Å²) in [6.07, 6.45) is 2.00. The summed E-state index contributed by atoms with van der Waals surface area (Å²) in [5.41, 5.74) is 0.559. The first-order chi connectivity index (χ1) is 8.20. The second-order valence-electron chi connectivity index (χ2n) is 4.14. The van der Waals surface area contributed by atoms with Gasteiger partial charge in [-0.2, -0.15) is 0 Å². The zero-order valence-electron chi connectivity index (χ0n) is 9.74. The quantitative estimate of drug-likeness (QED) is 0.851. The van der Waals surface area contributed by atoms with E-state index >= 15 is 0 Å². The predicted octanol–water partition coefficient (Wildman–Crippen LogP) is 2.07. The van der Waals surface area contributed by atoms with Gasteiger partial charge >= 0.3 is 0 Å². The van der Waals surface area contributed by atoms with Gasteiger partial charge < -0.3 is 5.32 Å². The topological polar surface area (TPSA) is 41.5 Å². The van der Waals surface area contributed by atoms with Gasteiger partial charge in [0.2, 0.25) is 5.91 Å². The summed E-state index contributed by atoms with van der Waals surface area (Å²) < 4.78 is 13.4. The fourth-order valence-corrected chi connectivity index (χ4v) is 1.89. The molecule has 90 valence electrons. The Morgan fingerprint density at radius 2 is 2.18 bits per heavy atom. The van der Waals surface area contributed by atoms with Gasteiger partial charge in [0.05, 0.1) is 0 Å². The van der Waals surface area contributed by atoms with Crippen molar-refractivity contribution in [1.82, 2.24) is 5.32 Å². The number of aliphatic imine (C=N–C) groups is 1. The van der Waals surface area contributed by atoms with Crippen LogP contribution in [-0.2, 0) is 11.2 Å². The summed E-state index contributed by atoms with van der Waals surface area (Å²) in [7, 11) is 0. The highest BCUT2D eigenvalue weighted by atomic mass is 19.1. The Morgan fingerprint density at radius 1 is 1.41 bits per heavy atom. The fourth-order valence-electron chi connectivity index (χ4n) is 1.89. The van der Waals surface area contributed by atoms with Crippen molar-refractivity contribution in [3.8, 4) is 0 Å². The van der Waals surface area contributed by atoms with Gasteiger partial charge in [-0.15, -0.1) is 0 Å². The van der Waals surface area contributed by atoms with E-state index in [1.54, 1.807) is 18.2 Å². The number of hydrogen-bond acceptors (Lipinski definition) is 2. The molecule has 3 nitrogen and oxygen atoms in total. The number of carbonyl (C=O) groups is 1. The molecule has 0 bridgehead atoms. The minimum atomic E-state index is -0.290. The maximum Gasteiger partial charge on any atom is 0.250 e. The van der Waals surface area contributed by atoms with Crippen LogP contribution in [0.25, 0.3) is 0 Å². The molecular formula is C13H15FN2O. The first-order valence-corrected chi connectivity index (χ1v) is 5.81. The highest BCUT2D eigenvalue weighted by molar-refractivity contribution is 6.06. The lowest BCUT2D eigenvalue weighted by Crippen LogP contribution is -2.29. The number of hydrogen-bond donors (Lipinski definition) is 1. The third-order valence-electron chi connectivity index (χ3n) is 2.76. The van der Waals surface area contributed by atoms with Crippen molar-refractivity contribution in [1.29, 1.82) is 0 Å². The van der Waals surface area contributed by atoms with Gasteiger partial charge in [0.25, 0.3) is 0 Å². The van der Waals surface area contributed by atoms with Crippen LogP contribution in [0, 0.1) is 5.82 Å². The molecule has 1 aromatic carbocycles. The largest absolute Gasteiger partial charge is 0.312 e. The minimum Gasteiger partial charge on any atom is -0.312 e. The smallest absolute Gasteiger partial charge is 0.250 e. The van der Waals surface area contributed by atoms with Crippen LogP contribution < -0.4 is 5.32 Å². The number of amides is 1. The third-order valence-corrected chi connectivity index (χ3v) is 2.76. The number of nitrogens with zero attached hydrogens (tertiary/aromatic N) is 1. The van der Waals surface area contributed by atoms with Gasteiger partial charge in [-0.25, -0.2) is 4.39 Å². The van der Waals surface area contributed by atoms with Crippen LogP contribution in [0.15, 0.2) is 29.3 Å². The monoisotopic (exact) mass is 234 g/mol. The number of amidine groups is 1. The van der Waals surface area contributed by atoms with E-state index in [4.69, 9.17) is 0 Å². The SMILES string of the molecule is CCCC1N=C(Cc2ccccc2F)NC1=O. The van der Waals surface area contributed by atoms with Crippen molar-refractivity contribution in [2.45, 2.75) is 32.2 Å². The molecule has 4 heteroatoms. The molecule has 0 radical (unpaired) electrons. The van der Waals surface area contributed by atoms with E-state index in [9.17, 15) is 9.18 Å². The number of rotatable bonds is 4. The molecule has 1 aliphatic heterocycles. The summed E-state index contributed by atoms with van der Waals surface area (Å²) in [6.45, 7) is 2.01. The molecule has 1 amide bonds. The van der Waals surface area contributed by atoms with Gasteiger partial charge in [-0.1, -0.05) is 31.5 Å². The molecule has 1 N–H and O–H groups in total. The van der Waals surface area contributed by atoms with Gasteiger partial charge in [-0.05, 0) is 18.1 Å². The molecular weight excluding hydrogens is 219 g/mol. The van der Waals surface area contributed by atoms with Crippen LogP contribution in [0.4, 0.5) is 4.39 Å². The highest BCUT2D eigenvalue weighted by Gasteiger charge is 2.25. The van der Waals surface area contributed by atoms with Gasteiger partial charge in [0, 0.05) is 6.42 Å². The molecule has 0 aromatic heterocycles. The Bertz CT molecular complexity index is 456. The molecule has 0 fully saturated rings. The first-order valence-electron chi connectivity index (χ1n) is 5.81. The second kappa shape index (κ2) is 5.08. The van der Waals surface area contributed by atoms with E-state index < -0.39 is 0 Å². The summed E-state index contributed by atoms with van der Waals surface area (Å²) in [5.74, 6) is 0.236. The second-order valence-corrected chi connectivity index (χ2v) is 4.14. The number of carbonyl (C=O) groups excluding carboxylic acids is 1. The Kier molecular flexibility index (Phi) is 3.52. The highest BCUT2D eigenvalue weighted by Crippen LogP contribution is 2.12. The molecule has 1 aromatic rings. The molecule has 1 aliphatic rings. The molecule has 0 saturated heterocycles. The summed E-state index contributed by atoms with van der Waals surface area (Å²) in [4.78, 5) is 15.8. The zero-order valence-corrected chi connectivity index (χ0v) is 9.74. The van der Waals surface area contributed by atoms with Gasteiger partial charge in [-0.3, -0.25) is 9.79 Å². The van der Waals surface area contributed by atoms with E-state index in [0.29, 0.717) is 17.8 Å². The normalized spacial score (nSPS) is 19.1. The molecule has 0 aliphatic carbocycles. The lowest BCUT2D eigenvalue weighted by molar-refractivity contribution is -0.120. The van der Waals surface area contributed by atoms with Crippen molar-refractivity contribution in [2.24, 2.45) is 4.99 Å². The lowest BCUT2D eigenvalue weighted by Gasteiger charge is -2.02. The van der Waals surface area contributed by atoms with Crippen molar-refractivity contribution >= 4 is 11.7 Å². The van der Waals surface area contributed by atoms with Crippen LogP contribution >= 0.6 is 0 Å². The van der Waals surface area contributed by atoms with Crippen molar-refractivity contribution in [3.05, 3.63) is 35.6 Å². The maximum atomic E-state index is 13.4. The van der Waals surface area contributed by atoms with Gasteiger partial charge in [0.1, 0.15) is 17.7 Å². The molecule has 0 spiro atoms. The van der Waals surface area contributed by atoms with Crippen molar-refractivity contribution in [2.75, 3.05) is 0 Å². The minimum absolute atomic E-state index is 0.0711. The molecule has 0 saturated carbocycles. The number of halogens is 1. The molecule has 1 unspecified atom stereocenters. The Labute approximate surface area is 99.8 Å². The van der Waals surface area contributed by atoms with Crippen LogP contribution in [-0.4, -0.2) is 17.8 Å². The number of nitrogens with one attached hydrogen (secondary N) is 1. The third kappa shape index (κ3) is 2.70. The summed E-state index contributed by atoms with van der Waals surface area (Å²) in [6, 6.07) is 6.25. The average Bonchev–Trinajstić information content (AvgIpc) is 2.63. The molecule has 2 rings (SSSR count). The predicted molar refractivity (Wildman–Crippen MR) is 64.4 cm³/mol. The summed E-state index contributed by atoms with van der Waals surface area (Å²) >= 11 is 0. The Hall–Kier alpha value is -1.71. The van der Waals surface area contributed by atoms with Crippen molar-refractivity contribution < 1.29 is 9.18 Å². The molecule has 1 atom stereocenters. The van der Waals surface area contributed by atoms with Crippen molar-refractivity contribution in [3.63, 3.8) is 0 Å². The van der Waals surface area contributed by atoms with Gasteiger partial charge in [0.15, 0.2) is 0 Å². The van der Waals surface area contributed by atoms with Crippen LogP contribution in [0.5, 0.6) is 0 Å². The average molecular weight is 234 g/mol. The first kappa shape index (κ1) is 11.8. The van der Waals surface area contributed by atoms with Crippen LogP contribution in [0.2, 0.25) is 0 Å². The van der Waals surface area contributed by atoms with E-state index in [1.165, 1.54) is 6.07 Å². The lowest BCUT2D eigenvalue weighted by atomic mass is 10.1. The van der Waals surface area contributed by atoms with E-state index in [1.807, 2.05) is 6.92 Å². The van der Waals surface area contributed by atoms with Crippen LogP contribution in [0.3, 0.4) is 0 Å². The standard InChI is InChI=1S/C13H15FN2O/c1-2-5-11-13(17)16-12(15-11)8-9-6-3-4-7-10(9)14/h3-4,6-7,11H,2,5,8H2,1H3,(H,15,16,17). The fraction of sp³-hybridized carbons (Fsp3) is 0.385. The maximum absolute atomic E-state index is 13.4. The summed E-state index contributed by atoms with van der Waals surface area (Å²) in [5, 5.41) is 2.71.